The van der Waals surface area contributed by atoms with Crippen LogP contribution < -0.4 is 4.74 Å². The van der Waals surface area contributed by atoms with Crippen LogP contribution in [0, 0.1) is 5.82 Å². The number of hydrogen-bond acceptors (Lipinski definition) is 3. The van der Waals surface area contributed by atoms with E-state index in [-0.39, 0.29) is 22.2 Å². The maximum Gasteiger partial charge on any atom is 0.256 e. The van der Waals surface area contributed by atoms with Crippen LogP contribution in [0.1, 0.15) is 5.56 Å². The summed E-state index contributed by atoms with van der Waals surface area (Å²) in [6.45, 7) is -0.445. The molecular formula is C12H7BrCl2FNO2. The summed E-state index contributed by atoms with van der Waals surface area (Å²) in [4.78, 5) is 3.75. The monoisotopic (exact) mass is 365 g/mol. The lowest BCUT2D eigenvalue weighted by Gasteiger charge is -2.10. The lowest BCUT2D eigenvalue weighted by molar-refractivity contribution is 0.273. The molecule has 0 atom stereocenters. The number of halogens is 4. The second-order valence-corrected chi connectivity index (χ2v) is 5.21. The third-order valence-electron chi connectivity index (χ3n) is 2.29. The molecule has 0 aliphatic carbocycles. The van der Waals surface area contributed by atoms with E-state index in [0.717, 1.165) is 0 Å². The highest BCUT2D eigenvalue weighted by Crippen LogP contribution is 2.36. The first-order chi connectivity index (χ1) is 9.02. The van der Waals surface area contributed by atoms with E-state index in [2.05, 4.69) is 20.9 Å². The van der Waals surface area contributed by atoms with Crippen molar-refractivity contribution in [2.45, 2.75) is 6.61 Å². The summed E-state index contributed by atoms with van der Waals surface area (Å²) in [5.74, 6) is -0.830. The van der Waals surface area contributed by atoms with Gasteiger partial charge in [0, 0.05) is 22.3 Å². The Kier molecular flexibility index (Phi) is 4.62. The Morgan fingerprint density at radius 2 is 2.05 bits per heavy atom. The summed E-state index contributed by atoms with van der Waals surface area (Å²) in [5, 5.41) is 9.60. The number of aliphatic hydroxyl groups excluding tert-OH is 1. The number of pyridine rings is 1. The van der Waals surface area contributed by atoms with E-state index < -0.39 is 12.4 Å². The summed E-state index contributed by atoms with van der Waals surface area (Å²) in [6.07, 6.45) is 1.33. The minimum absolute atomic E-state index is 0.0873. The Morgan fingerprint density at radius 3 is 2.74 bits per heavy atom. The molecule has 1 N–H and O–H groups in total. The van der Waals surface area contributed by atoms with E-state index >= 15 is 0 Å². The summed E-state index contributed by atoms with van der Waals surface area (Å²) in [7, 11) is 0. The molecule has 7 heteroatoms. The average molecular weight is 367 g/mol. The molecule has 1 aromatic carbocycles. The minimum atomic E-state index is -0.736. The predicted octanol–water partition coefficient (Wildman–Crippen LogP) is 4.57. The van der Waals surface area contributed by atoms with Crippen molar-refractivity contribution in [3.8, 4) is 11.6 Å². The van der Waals surface area contributed by atoms with E-state index in [1.54, 1.807) is 0 Å². The highest BCUT2D eigenvalue weighted by Gasteiger charge is 2.14. The molecule has 0 amide bonds. The van der Waals surface area contributed by atoms with Crippen molar-refractivity contribution in [3.63, 3.8) is 0 Å². The van der Waals surface area contributed by atoms with Gasteiger partial charge < -0.3 is 9.84 Å². The van der Waals surface area contributed by atoms with Crippen LogP contribution in [0.4, 0.5) is 4.39 Å². The molecule has 0 radical (unpaired) electrons. The molecule has 0 unspecified atom stereocenters. The van der Waals surface area contributed by atoms with Gasteiger partial charge in [-0.25, -0.2) is 9.37 Å². The lowest BCUT2D eigenvalue weighted by atomic mass is 10.2. The Balaban J connectivity index is 2.39. The zero-order chi connectivity index (χ0) is 14.0. The molecule has 0 spiro atoms. The van der Waals surface area contributed by atoms with Gasteiger partial charge in [0.05, 0.1) is 16.7 Å². The van der Waals surface area contributed by atoms with Gasteiger partial charge in [-0.05, 0) is 28.1 Å². The van der Waals surface area contributed by atoms with Gasteiger partial charge >= 0.3 is 0 Å². The van der Waals surface area contributed by atoms with Crippen molar-refractivity contribution in [2.75, 3.05) is 0 Å². The molecule has 2 aromatic rings. The van der Waals surface area contributed by atoms with Crippen LogP contribution in [0.5, 0.6) is 11.6 Å². The maximum atomic E-state index is 13.8. The molecule has 1 aromatic heterocycles. The first kappa shape index (κ1) is 14.5. The van der Waals surface area contributed by atoms with E-state index in [9.17, 15) is 4.39 Å². The van der Waals surface area contributed by atoms with Gasteiger partial charge in [-0.1, -0.05) is 23.2 Å². The number of benzene rings is 1. The molecule has 0 saturated carbocycles. The number of ether oxygens (including phenoxy) is 1. The van der Waals surface area contributed by atoms with Crippen molar-refractivity contribution in [1.29, 1.82) is 0 Å². The smallest absolute Gasteiger partial charge is 0.256 e. The molecule has 1 heterocycles. The minimum Gasteiger partial charge on any atom is -0.435 e. The Bertz CT molecular complexity index is 625. The van der Waals surface area contributed by atoms with Crippen molar-refractivity contribution in [2.24, 2.45) is 0 Å². The van der Waals surface area contributed by atoms with E-state index in [0.29, 0.717) is 9.50 Å². The summed E-state index contributed by atoms with van der Waals surface area (Å²) >= 11 is 15.1. The van der Waals surface area contributed by atoms with Crippen LogP contribution >= 0.6 is 39.1 Å². The van der Waals surface area contributed by atoms with Crippen molar-refractivity contribution >= 4 is 39.1 Å². The van der Waals surface area contributed by atoms with Gasteiger partial charge in [-0.2, -0.15) is 0 Å². The predicted molar refractivity (Wildman–Crippen MR) is 74.4 cm³/mol. The van der Waals surface area contributed by atoms with Crippen LogP contribution in [0.15, 0.2) is 28.9 Å². The molecule has 19 heavy (non-hydrogen) atoms. The van der Waals surface area contributed by atoms with Crippen LogP contribution in [0.25, 0.3) is 0 Å². The van der Waals surface area contributed by atoms with Gasteiger partial charge in [0.1, 0.15) is 5.75 Å². The van der Waals surface area contributed by atoms with Gasteiger partial charge in [-0.3, -0.25) is 0 Å². The molecule has 0 aliphatic rings. The van der Waals surface area contributed by atoms with Gasteiger partial charge in [0.25, 0.3) is 5.88 Å². The maximum absolute atomic E-state index is 13.8. The van der Waals surface area contributed by atoms with Crippen LogP contribution in [-0.4, -0.2) is 10.1 Å². The highest BCUT2D eigenvalue weighted by molar-refractivity contribution is 9.10. The van der Waals surface area contributed by atoms with Crippen molar-refractivity contribution < 1.29 is 14.2 Å². The first-order valence-corrected chi connectivity index (χ1v) is 6.64. The van der Waals surface area contributed by atoms with Crippen LogP contribution in [-0.2, 0) is 6.61 Å². The second-order valence-electron chi connectivity index (χ2n) is 3.55. The molecule has 100 valence electrons. The fraction of sp³-hybridized carbons (Fsp3) is 0.0833. The van der Waals surface area contributed by atoms with E-state index in [1.165, 1.54) is 24.4 Å². The zero-order valence-corrected chi connectivity index (χ0v) is 12.4. The summed E-state index contributed by atoms with van der Waals surface area (Å²) < 4.78 is 19.7. The fourth-order valence-electron chi connectivity index (χ4n) is 1.34. The fourth-order valence-corrected chi connectivity index (χ4v) is 2.17. The zero-order valence-electron chi connectivity index (χ0n) is 9.33. The number of hydrogen-bond donors (Lipinski definition) is 1. The molecule has 0 bridgehead atoms. The molecule has 3 nitrogen and oxygen atoms in total. The van der Waals surface area contributed by atoms with Crippen molar-refractivity contribution in [1.82, 2.24) is 4.98 Å². The summed E-state index contributed by atoms with van der Waals surface area (Å²) in [6, 6.07) is 4.34. The van der Waals surface area contributed by atoms with Gasteiger partial charge in [0.2, 0.25) is 0 Å². The number of rotatable bonds is 3. The normalized spacial score (nSPS) is 10.6. The van der Waals surface area contributed by atoms with Gasteiger partial charge in [-0.15, -0.1) is 0 Å². The van der Waals surface area contributed by atoms with Crippen LogP contribution in [0.3, 0.4) is 0 Å². The third-order valence-corrected chi connectivity index (χ3v) is 3.78. The Labute approximate surface area is 127 Å². The highest BCUT2D eigenvalue weighted by atomic mass is 79.9. The SMILES string of the molecule is OCc1ccnc(Oc2cc(Cl)c(Br)cc2Cl)c1F. The molecular weight excluding hydrogens is 360 g/mol. The second kappa shape index (κ2) is 6.05. The van der Waals surface area contributed by atoms with E-state index in [4.69, 9.17) is 33.0 Å². The number of aliphatic hydroxyl groups is 1. The first-order valence-electron chi connectivity index (χ1n) is 5.09. The van der Waals surface area contributed by atoms with Crippen LogP contribution in [0.2, 0.25) is 10.0 Å². The Hall–Kier alpha value is -0.880. The third kappa shape index (κ3) is 3.17. The molecule has 2 rings (SSSR count). The van der Waals surface area contributed by atoms with Crippen molar-refractivity contribution in [3.05, 3.63) is 50.3 Å². The lowest BCUT2D eigenvalue weighted by Crippen LogP contribution is -1.97. The standard InChI is InChI=1S/C12H7BrCl2FNO2/c13-7-3-9(15)10(4-8(7)14)19-12-11(16)6(5-18)1-2-17-12/h1-4,18H,5H2. The summed E-state index contributed by atoms with van der Waals surface area (Å²) in [5.41, 5.74) is 0.0873. The molecule has 0 saturated heterocycles. The van der Waals surface area contributed by atoms with Gasteiger partial charge in [0.15, 0.2) is 5.82 Å². The largest absolute Gasteiger partial charge is 0.435 e. The average Bonchev–Trinajstić information content (AvgIpc) is 2.38. The topological polar surface area (TPSA) is 42.4 Å². The number of nitrogens with zero attached hydrogens (tertiary/aromatic N) is 1. The number of aromatic nitrogens is 1. The van der Waals surface area contributed by atoms with E-state index in [1.807, 2.05) is 0 Å². The quantitative estimate of drug-likeness (QED) is 0.808. The molecule has 0 aliphatic heterocycles. The molecule has 0 fully saturated rings. The Morgan fingerprint density at radius 1 is 1.32 bits per heavy atom.